The number of carbonyl (C=O) groups excluding carboxylic acids is 1. The molecule has 0 spiro atoms. The Hall–Kier alpha value is -3.91. The van der Waals surface area contributed by atoms with Crippen LogP contribution in [0.1, 0.15) is 27.7 Å². The number of nitrogens with zero attached hydrogens (tertiary/aromatic N) is 4. The third kappa shape index (κ3) is 4.83. The monoisotopic (exact) mass is 476 g/mol. The van der Waals surface area contributed by atoms with E-state index < -0.39 is 0 Å². The Balaban J connectivity index is 1.34. The van der Waals surface area contributed by atoms with Crippen LogP contribution < -0.4 is 0 Å². The largest absolute Gasteiger partial charge is 0.335 e. The third-order valence-corrected chi connectivity index (χ3v) is 6.30. The van der Waals surface area contributed by atoms with Crippen molar-refractivity contribution in [3.63, 3.8) is 0 Å². The maximum atomic E-state index is 13.6. The van der Waals surface area contributed by atoms with Crippen molar-refractivity contribution in [3.05, 3.63) is 120 Å². The molecular weight excluding hydrogens is 453 g/mol. The number of aromatic nitrogens is 2. The molecule has 0 N–H and O–H groups in total. The summed E-state index contributed by atoms with van der Waals surface area (Å²) in [5, 5.41) is 0. The topological polar surface area (TPSA) is 41.4 Å². The summed E-state index contributed by atoms with van der Waals surface area (Å²) in [4.78, 5) is 21.4. The smallest absolute Gasteiger partial charge is 0.272 e. The Kier molecular flexibility index (Phi) is 6.37. The van der Waals surface area contributed by atoms with Gasteiger partial charge in [-0.1, -0.05) is 24.3 Å². The molecule has 2 heterocycles. The number of rotatable bonds is 5. The lowest BCUT2D eigenvalue weighted by Crippen LogP contribution is -2.50. The number of hydrogen-bond donors (Lipinski definition) is 0. The Labute approximate surface area is 201 Å². The van der Waals surface area contributed by atoms with Crippen LogP contribution in [0.25, 0.3) is 5.69 Å². The highest BCUT2D eigenvalue weighted by atomic mass is 19.1. The number of imidazole rings is 1. The molecule has 0 saturated carbocycles. The predicted molar refractivity (Wildman–Crippen MR) is 126 cm³/mol. The Morgan fingerprint density at radius 2 is 1.20 bits per heavy atom. The Morgan fingerprint density at radius 3 is 1.71 bits per heavy atom. The molecular formula is C27H23F3N4O. The van der Waals surface area contributed by atoms with Crippen LogP contribution in [0.4, 0.5) is 13.2 Å². The van der Waals surface area contributed by atoms with E-state index in [1.165, 1.54) is 48.9 Å². The Morgan fingerprint density at radius 1 is 0.714 bits per heavy atom. The summed E-state index contributed by atoms with van der Waals surface area (Å²) in [5.74, 6) is -1.15. The van der Waals surface area contributed by atoms with Crippen LogP contribution >= 0.6 is 0 Å². The van der Waals surface area contributed by atoms with Gasteiger partial charge in [0.05, 0.1) is 18.6 Å². The van der Waals surface area contributed by atoms with Crippen LogP contribution in [0.2, 0.25) is 0 Å². The van der Waals surface area contributed by atoms with E-state index in [-0.39, 0.29) is 29.4 Å². The highest BCUT2D eigenvalue weighted by molar-refractivity contribution is 5.93. The molecule has 35 heavy (non-hydrogen) atoms. The van der Waals surface area contributed by atoms with Gasteiger partial charge in [0, 0.05) is 31.9 Å². The number of amides is 1. The summed E-state index contributed by atoms with van der Waals surface area (Å²) >= 11 is 0. The number of benzene rings is 3. The van der Waals surface area contributed by atoms with Gasteiger partial charge in [0.15, 0.2) is 0 Å². The van der Waals surface area contributed by atoms with Gasteiger partial charge in [0.1, 0.15) is 23.1 Å². The lowest BCUT2D eigenvalue weighted by Gasteiger charge is -2.39. The zero-order valence-electron chi connectivity index (χ0n) is 18.8. The molecule has 0 radical (unpaired) electrons. The van der Waals surface area contributed by atoms with Crippen molar-refractivity contribution >= 4 is 5.91 Å². The summed E-state index contributed by atoms with van der Waals surface area (Å²) in [6.07, 6.45) is 3.05. The average Bonchev–Trinajstić information content (AvgIpc) is 3.37. The van der Waals surface area contributed by atoms with Crippen molar-refractivity contribution in [1.82, 2.24) is 19.4 Å². The van der Waals surface area contributed by atoms with Crippen LogP contribution in [0.3, 0.4) is 0 Å². The summed E-state index contributed by atoms with van der Waals surface area (Å²) in [6, 6.07) is 18.3. The summed E-state index contributed by atoms with van der Waals surface area (Å²) in [6.45, 7) is 2.12. The zero-order valence-corrected chi connectivity index (χ0v) is 18.8. The van der Waals surface area contributed by atoms with Gasteiger partial charge in [-0.2, -0.15) is 0 Å². The van der Waals surface area contributed by atoms with Crippen LogP contribution in [0.5, 0.6) is 0 Å². The fourth-order valence-electron chi connectivity index (χ4n) is 4.51. The maximum absolute atomic E-state index is 13.6. The molecule has 4 aromatic rings. The molecule has 1 aromatic heterocycles. The molecule has 0 atom stereocenters. The average molecular weight is 477 g/mol. The molecule has 1 amide bonds. The first kappa shape index (κ1) is 22.9. The first-order valence-electron chi connectivity index (χ1n) is 11.3. The second-order valence-electron chi connectivity index (χ2n) is 8.46. The van der Waals surface area contributed by atoms with E-state index in [1.54, 1.807) is 45.9 Å². The van der Waals surface area contributed by atoms with Crippen LogP contribution in [-0.2, 0) is 0 Å². The lowest BCUT2D eigenvalue weighted by molar-refractivity contribution is 0.0589. The van der Waals surface area contributed by atoms with Crippen molar-refractivity contribution in [2.75, 3.05) is 26.2 Å². The molecule has 3 aromatic carbocycles. The molecule has 1 fully saturated rings. The second kappa shape index (κ2) is 9.76. The lowest BCUT2D eigenvalue weighted by atomic mass is 9.96. The van der Waals surface area contributed by atoms with Gasteiger partial charge in [-0.3, -0.25) is 14.3 Å². The minimum atomic E-state index is -0.352. The van der Waals surface area contributed by atoms with E-state index in [4.69, 9.17) is 0 Å². The number of piperazine rings is 1. The molecule has 1 aliphatic rings. The van der Waals surface area contributed by atoms with E-state index in [0.29, 0.717) is 37.6 Å². The molecule has 1 aliphatic heterocycles. The number of carbonyl (C=O) groups is 1. The highest BCUT2D eigenvalue weighted by Gasteiger charge is 2.30. The van der Waals surface area contributed by atoms with E-state index in [0.717, 1.165) is 11.1 Å². The third-order valence-electron chi connectivity index (χ3n) is 6.30. The van der Waals surface area contributed by atoms with Gasteiger partial charge in [-0.05, 0) is 59.7 Å². The normalized spacial score (nSPS) is 14.5. The quantitative estimate of drug-likeness (QED) is 0.414. The Bertz CT molecular complexity index is 1250. The molecule has 0 aliphatic carbocycles. The van der Waals surface area contributed by atoms with E-state index in [2.05, 4.69) is 9.88 Å². The van der Waals surface area contributed by atoms with Crippen molar-refractivity contribution in [2.24, 2.45) is 0 Å². The number of halogens is 3. The molecule has 5 nitrogen and oxygen atoms in total. The van der Waals surface area contributed by atoms with Gasteiger partial charge < -0.3 is 4.90 Å². The fraction of sp³-hybridized carbons (Fsp3) is 0.185. The van der Waals surface area contributed by atoms with Crippen molar-refractivity contribution in [2.45, 2.75) is 6.04 Å². The fourth-order valence-corrected chi connectivity index (χ4v) is 4.51. The van der Waals surface area contributed by atoms with Gasteiger partial charge >= 0.3 is 0 Å². The first-order valence-corrected chi connectivity index (χ1v) is 11.3. The van der Waals surface area contributed by atoms with Gasteiger partial charge in [-0.15, -0.1) is 0 Å². The van der Waals surface area contributed by atoms with Crippen LogP contribution in [0, 0.1) is 17.5 Å². The molecule has 1 saturated heterocycles. The standard InChI is InChI=1S/C27H23F3N4O/c28-21-5-1-19(2-6-21)26(20-3-7-22(29)8-4-20)32-13-15-33(16-14-32)27(35)25-17-31-18-34(25)24-11-9-23(30)10-12-24/h1-12,17-18,26H,13-16H2. The summed E-state index contributed by atoms with van der Waals surface area (Å²) in [5.41, 5.74) is 2.84. The minimum absolute atomic E-state index is 0.161. The molecule has 0 unspecified atom stereocenters. The second-order valence-corrected chi connectivity index (χ2v) is 8.46. The molecule has 0 bridgehead atoms. The van der Waals surface area contributed by atoms with E-state index in [1.807, 2.05) is 0 Å². The SMILES string of the molecule is O=C(c1cncn1-c1ccc(F)cc1)N1CCN(C(c2ccc(F)cc2)c2ccc(F)cc2)CC1. The summed E-state index contributed by atoms with van der Waals surface area (Å²) in [7, 11) is 0. The number of hydrogen-bond acceptors (Lipinski definition) is 3. The van der Waals surface area contributed by atoms with E-state index >= 15 is 0 Å². The van der Waals surface area contributed by atoms with Crippen molar-refractivity contribution < 1.29 is 18.0 Å². The molecule has 178 valence electrons. The maximum Gasteiger partial charge on any atom is 0.272 e. The van der Waals surface area contributed by atoms with Gasteiger partial charge in [0.25, 0.3) is 5.91 Å². The van der Waals surface area contributed by atoms with E-state index in [9.17, 15) is 18.0 Å². The molecule has 5 rings (SSSR count). The van der Waals surface area contributed by atoms with Crippen molar-refractivity contribution in [1.29, 1.82) is 0 Å². The van der Waals surface area contributed by atoms with Gasteiger partial charge in [-0.25, -0.2) is 18.2 Å². The minimum Gasteiger partial charge on any atom is -0.335 e. The van der Waals surface area contributed by atoms with Crippen LogP contribution in [0.15, 0.2) is 85.3 Å². The predicted octanol–water partition coefficient (Wildman–Crippen LogP) is 4.84. The molecule has 8 heteroatoms. The zero-order chi connectivity index (χ0) is 24.4. The van der Waals surface area contributed by atoms with Crippen molar-refractivity contribution in [3.8, 4) is 5.69 Å². The first-order chi connectivity index (χ1) is 17.0. The van der Waals surface area contributed by atoms with Gasteiger partial charge in [0.2, 0.25) is 0 Å². The van der Waals surface area contributed by atoms with Crippen LogP contribution in [-0.4, -0.2) is 51.4 Å². The summed E-state index contributed by atoms with van der Waals surface area (Å²) < 4.78 is 42.1. The highest BCUT2D eigenvalue weighted by Crippen LogP contribution is 2.30.